The summed E-state index contributed by atoms with van der Waals surface area (Å²) in [7, 11) is 0. The van der Waals surface area contributed by atoms with Crippen molar-refractivity contribution in [2.75, 3.05) is 10.6 Å². The number of carboxylic acid groups (broad SMARTS) is 1. The largest absolute Gasteiger partial charge is 0.478 e. The number of para-hydroxylation sites is 1. The van der Waals surface area contributed by atoms with Gasteiger partial charge in [-0.05, 0) is 48.9 Å². The quantitative estimate of drug-likeness (QED) is 0.431. The van der Waals surface area contributed by atoms with Gasteiger partial charge in [0.15, 0.2) is 0 Å². The lowest BCUT2D eigenvalue weighted by Crippen LogP contribution is -2.12. The monoisotopic (exact) mass is 412 g/mol. The summed E-state index contributed by atoms with van der Waals surface area (Å²) < 4.78 is 0. The van der Waals surface area contributed by atoms with Crippen LogP contribution in [-0.2, 0) is 6.54 Å². The zero-order valence-corrected chi connectivity index (χ0v) is 16.8. The predicted octanol–water partition coefficient (Wildman–Crippen LogP) is 4.50. The van der Waals surface area contributed by atoms with Crippen molar-refractivity contribution >= 4 is 34.3 Å². The number of hydrogen-bond acceptors (Lipinski definition) is 5. The highest BCUT2D eigenvalue weighted by Gasteiger charge is 2.12. The van der Waals surface area contributed by atoms with Crippen LogP contribution >= 0.6 is 0 Å². The van der Waals surface area contributed by atoms with Gasteiger partial charge < -0.3 is 15.7 Å². The summed E-state index contributed by atoms with van der Waals surface area (Å²) in [6, 6.07) is 19.9. The summed E-state index contributed by atoms with van der Waals surface area (Å²) >= 11 is 0. The molecule has 7 nitrogen and oxygen atoms in total. The number of carboxylic acids is 1. The maximum atomic E-state index is 12.5. The van der Waals surface area contributed by atoms with Gasteiger partial charge in [-0.2, -0.15) is 0 Å². The number of fused-ring (bicyclic) bond motifs is 1. The van der Waals surface area contributed by atoms with Gasteiger partial charge in [0.05, 0.1) is 11.1 Å². The number of amides is 1. The molecule has 1 amide bonds. The molecule has 0 atom stereocenters. The maximum Gasteiger partial charge on any atom is 0.337 e. The molecule has 0 saturated heterocycles. The van der Waals surface area contributed by atoms with Crippen LogP contribution in [0.3, 0.4) is 0 Å². The van der Waals surface area contributed by atoms with Gasteiger partial charge in [0.1, 0.15) is 12.1 Å². The Morgan fingerprint density at radius 2 is 1.77 bits per heavy atom. The molecule has 0 unspecified atom stereocenters. The van der Waals surface area contributed by atoms with E-state index in [4.69, 9.17) is 0 Å². The summed E-state index contributed by atoms with van der Waals surface area (Å²) in [5.74, 6) is -0.661. The summed E-state index contributed by atoms with van der Waals surface area (Å²) in [5, 5.41) is 16.1. The lowest BCUT2D eigenvalue weighted by atomic mass is 10.1. The lowest BCUT2D eigenvalue weighted by molar-refractivity contribution is 0.0698. The van der Waals surface area contributed by atoms with Crippen LogP contribution < -0.4 is 10.6 Å². The van der Waals surface area contributed by atoms with E-state index in [-0.39, 0.29) is 11.5 Å². The Balaban J connectivity index is 1.51. The van der Waals surface area contributed by atoms with Crippen LogP contribution in [0.25, 0.3) is 10.9 Å². The number of aryl methyl sites for hydroxylation is 1. The average molecular weight is 412 g/mol. The van der Waals surface area contributed by atoms with Crippen molar-refractivity contribution in [1.82, 2.24) is 9.97 Å². The van der Waals surface area contributed by atoms with E-state index >= 15 is 0 Å². The third-order valence-electron chi connectivity index (χ3n) is 4.82. The second kappa shape index (κ2) is 8.62. The Labute approximate surface area is 178 Å². The molecule has 0 bridgehead atoms. The van der Waals surface area contributed by atoms with Gasteiger partial charge in [-0.15, -0.1) is 0 Å². The molecule has 7 heteroatoms. The van der Waals surface area contributed by atoms with E-state index in [0.717, 1.165) is 11.1 Å². The van der Waals surface area contributed by atoms with E-state index in [1.807, 2.05) is 49.4 Å². The van der Waals surface area contributed by atoms with E-state index in [9.17, 15) is 14.7 Å². The van der Waals surface area contributed by atoms with Gasteiger partial charge in [0.25, 0.3) is 5.91 Å². The van der Waals surface area contributed by atoms with E-state index in [2.05, 4.69) is 20.6 Å². The van der Waals surface area contributed by atoms with Crippen molar-refractivity contribution in [3.63, 3.8) is 0 Å². The highest BCUT2D eigenvalue weighted by molar-refractivity contribution is 6.05. The first-order valence-electron chi connectivity index (χ1n) is 9.69. The fourth-order valence-corrected chi connectivity index (χ4v) is 3.34. The second-order valence-corrected chi connectivity index (χ2v) is 7.11. The Morgan fingerprint density at radius 3 is 2.58 bits per heavy atom. The number of anilines is 2. The molecule has 0 aliphatic heterocycles. The third kappa shape index (κ3) is 4.51. The topological polar surface area (TPSA) is 104 Å². The highest BCUT2D eigenvalue weighted by atomic mass is 16.4. The van der Waals surface area contributed by atoms with Crippen molar-refractivity contribution in [2.45, 2.75) is 13.5 Å². The van der Waals surface area contributed by atoms with Crippen molar-refractivity contribution in [2.24, 2.45) is 0 Å². The van der Waals surface area contributed by atoms with Crippen molar-refractivity contribution in [3.05, 3.63) is 95.3 Å². The molecule has 31 heavy (non-hydrogen) atoms. The SMILES string of the molecule is Cc1cccc(C(=O)Nc2cccc(CNc3ncnc4c(C(=O)O)cccc34)c2)c1. The minimum Gasteiger partial charge on any atom is -0.478 e. The van der Waals surface area contributed by atoms with Crippen molar-refractivity contribution < 1.29 is 14.7 Å². The fourth-order valence-electron chi connectivity index (χ4n) is 3.34. The minimum absolute atomic E-state index is 0.129. The molecular weight excluding hydrogens is 392 g/mol. The van der Waals surface area contributed by atoms with Crippen LogP contribution in [0.5, 0.6) is 0 Å². The van der Waals surface area contributed by atoms with Crippen LogP contribution in [0.15, 0.2) is 73.1 Å². The molecule has 4 aromatic rings. The van der Waals surface area contributed by atoms with Crippen LogP contribution in [0, 0.1) is 6.92 Å². The number of aromatic nitrogens is 2. The summed E-state index contributed by atoms with van der Waals surface area (Å²) in [6.45, 7) is 2.39. The Hall–Kier alpha value is -4.26. The third-order valence-corrected chi connectivity index (χ3v) is 4.82. The first kappa shape index (κ1) is 20.0. The smallest absolute Gasteiger partial charge is 0.337 e. The highest BCUT2D eigenvalue weighted by Crippen LogP contribution is 2.23. The molecular formula is C24H20N4O3. The molecule has 4 rings (SSSR count). The fraction of sp³-hybridized carbons (Fsp3) is 0.0833. The van der Waals surface area contributed by atoms with E-state index < -0.39 is 5.97 Å². The molecule has 154 valence electrons. The first-order chi connectivity index (χ1) is 15.0. The number of nitrogens with zero attached hydrogens (tertiary/aromatic N) is 2. The number of rotatable bonds is 6. The molecule has 0 fully saturated rings. The van der Waals surface area contributed by atoms with Crippen molar-refractivity contribution in [3.8, 4) is 0 Å². The average Bonchev–Trinajstić information content (AvgIpc) is 2.77. The van der Waals surface area contributed by atoms with Gasteiger partial charge in [-0.25, -0.2) is 14.8 Å². The summed E-state index contributed by atoms with van der Waals surface area (Å²) in [6.07, 6.45) is 1.34. The van der Waals surface area contributed by atoms with E-state index in [0.29, 0.717) is 34.5 Å². The second-order valence-electron chi connectivity index (χ2n) is 7.11. The number of hydrogen-bond donors (Lipinski definition) is 3. The standard InChI is InChI=1S/C24H20N4O3/c1-15-5-2-7-17(11-15)23(29)28-18-8-3-6-16(12-18)13-25-22-19-9-4-10-20(24(30)31)21(19)26-14-27-22/h2-12,14H,13H2,1H3,(H,28,29)(H,30,31)(H,25,26,27). The summed E-state index contributed by atoms with van der Waals surface area (Å²) in [4.78, 5) is 32.3. The molecule has 3 N–H and O–H groups in total. The molecule has 1 heterocycles. The number of aromatic carboxylic acids is 1. The van der Waals surface area contributed by atoms with Gasteiger partial charge in [0.2, 0.25) is 0 Å². The van der Waals surface area contributed by atoms with Crippen LogP contribution in [0.4, 0.5) is 11.5 Å². The molecule has 1 aromatic heterocycles. The maximum absolute atomic E-state index is 12.5. The molecule has 0 saturated carbocycles. The first-order valence-corrected chi connectivity index (χ1v) is 9.69. The zero-order valence-electron chi connectivity index (χ0n) is 16.8. The molecule has 0 aliphatic carbocycles. The minimum atomic E-state index is -1.03. The predicted molar refractivity (Wildman–Crippen MR) is 119 cm³/mol. The van der Waals surface area contributed by atoms with Crippen LogP contribution in [-0.4, -0.2) is 27.0 Å². The van der Waals surface area contributed by atoms with Crippen LogP contribution in [0.2, 0.25) is 0 Å². The Morgan fingerprint density at radius 1 is 0.968 bits per heavy atom. The number of carbonyl (C=O) groups excluding carboxylic acids is 1. The Kier molecular flexibility index (Phi) is 5.57. The van der Waals surface area contributed by atoms with E-state index in [1.54, 1.807) is 18.2 Å². The summed E-state index contributed by atoms with van der Waals surface area (Å²) in [5.41, 5.74) is 3.75. The number of carbonyl (C=O) groups is 2. The normalized spacial score (nSPS) is 10.6. The molecule has 3 aromatic carbocycles. The van der Waals surface area contributed by atoms with Crippen LogP contribution in [0.1, 0.15) is 31.8 Å². The lowest BCUT2D eigenvalue weighted by Gasteiger charge is -2.11. The zero-order chi connectivity index (χ0) is 21.8. The van der Waals surface area contributed by atoms with E-state index in [1.165, 1.54) is 12.4 Å². The van der Waals surface area contributed by atoms with Gasteiger partial charge in [0, 0.05) is 23.2 Å². The van der Waals surface area contributed by atoms with Crippen molar-refractivity contribution in [1.29, 1.82) is 0 Å². The number of benzene rings is 3. The molecule has 0 aliphatic rings. The number of nitrogens with one attached hydrogen (secondary N) is 2. The Bertz CT molecular complexity index is 1290. The van der Waals surface area contributed by atoms with Gasteiger partial charge >= 0.3 is 5.97 Å². The molecule has 0 radical (unpaired) electrons. The molecule has 0 spiro atoms. The van der Waals surface area contributed by atoms with Gasteiger partial charge in [-0.1, -0.05) is 35.9 Å². The van der Waals surface area contributed by atoms with Gasteiger partial charge in [-0.3, -0.25) is 4.79 Å².